The van der Waals surface area contributed by atoms with Gasteiger partial charge >= 0.3 is 0 Å². The molecule has 0 spiro atoms. The number of halogens is 1. The van der Waals surface area contributed by atoms with Crippen molar-refractivity contribution in [3.63, 3.8) is 0 Å². The van der Waals surface area contributed by atoms with E-state index in [-0.39, 0.29) is 12.4 Å². The van der Waals surface area contributed by atoms with Crippen LogP contribution in [0.2, 0.25) is 0 Å². The van der Waals surface area contributed by atoms with E-state index in [0.29, 0.717) is 0 Å². The average molecular weight is 209 g/mol. The predicted molar refractivity (Wildman–Crippen MR) is 51.2 cm³/mol. The van der Waals surface area contributed by atoms with Crippen LogP contribution in [0.1, 0.15) is 5.56 Å². The van der Waals surface area contributed by atoms with E-state index in [1.54, 1.807) is 0 Å². The minimum absolute atomic E-state index is 0. The zero-order valence-corrected chi connectivity index (χ0v) is 8.85. The molecule has 0 bridgehead atoms. The van der Waals surface area contributed by atoms with Gasteiger partial charge < -0.3 is 12.4 Å². The first-order chi connectivity index (χ1) is 6.36. The van der Waals surface area contributed by atoms with Crippen molar-refractivity contribution >= 4 is 0 Å². The Morgan fingerprint density at radius 3 is 2.43 bits per heavy atom. The molecule has 0 amide bonds. The molecule has 2 aromatic rings. The Balaban J connectivity index is 0.000000980. The SMILES string of the molecule is C[n+]1cccn1Cc1ccccc1.[Cl-]. The first-order valence-electron chi connectivity index (χ1n) is 4.41. The summed E-state index contributed by atoms with van der Waals surface area (Å²) < 4.78 is 4.24. The third kappa shape index (κ3) is 2.36. The molecule has 0 saturated heterocycles. The number of nitrogens with zero attached hydrogens (tertiary/aromatic N) is 2. The van der Waals surface area contributed by atoms with Gasteiger partial charge in [0.05, 0.1) is 6.20 Å². The fourth-order valence-corrected chi connectivity index (χ4v) is 1.39. The van der Waals surface area contributed by atoms with Crippen LogP contribution in [0.4, 0.5) is 0 Å². The van der Waals surface area contributed by atoms with Gasteiger partial charge in [-0.2, -0.15) is 4.68 Å². The minimum Gasteiger partial charge on any atom is -1.00 e. The molecule has 0 unspecified atom stereocenters. The predicted octanol–water partition coefficient (Wildman–Crippen LogP) is -1.64. The molecule has 1 aromatic heterocycles. The number of hydrogen-bond acceptors (Lipinski definition) is 0. The molecule has 0 saturated carbocycles. The molecule has 0 aliphatic heterocycles. The molecule has 1 heterocycles. The van der Waals surface area contributed by atoms with E-state index in [4.69, 9.17) is 0 Å². The Labute approximate surface area is 90.2 Å². The Hall–Kier alpha value is -1.28. The lowest BCUT2D eigenvalue weighted by atomic mass is 10.2. The molecule has 0 fully saturated rings. The Bertz CT molecular complexity index is 381. The highest BCUT2D eigenvalue weighted by atomic mass is 35.5. The van der Waals surface area contributed by atoms with Gasteiger partial charge in [0.2, 0.25) is 0 Å². The average Bonchev–Trinajstić information content (AvgIpc) is 2.54. The highest BCUT2D eigenvalue weighted by Crippen LogP contribution is 1.99. The van der Waals surface area contributed by atoms with E-state index in [2.05, 4.69) is 39.8 Å². The van der Waals surface area contributed by atoms with Crippen molar-refractivity contribution in [2.45, 2.75) is 6.54 Å². The van der Waals surface area contributed by atoms with Crippen molar-refractivity contribution < 1.29 is 17.1 Å². The monoisotopic (exact) mass is 208 g/mol. The minimum atomic E-state index is 0. The van der Waals surface area contributed by atoms with Crippen molar-refractivity contribution in [1.29, 1.82) is 0 Å². The lowest BCUT2D eigenvalue weighted by Crippen LogP contribution is -3.00. The second kappa shape index (κ2) is 4.82. The summed E-state index contributed by atoms with van der Waals surface area (Å²) in [5, 5.41) is 0. The van der Waals surface area contributed by atoms with Crippen molar-refractivity contribution in [1.82, 2.24) is 4.68 Å². The zero-order chi connectivity index (χ0) is 9.10. The molecular formula is C11H13ClN2. The first-order valence-corrected chi connectivity index (χ1v) is 4.41. The normalized spacial score (nSPS) is 9.50. The van der Waals surface area contributed by atoms with Crippen molar-refractivity contribution in [2.75, 3.05) is 0 Å². The summed E-state index contributed by atoms with van der Waals surface area (Å²) in [6.45, 7) is 0.935. The Morgan fingerprint density at radius 1 is 1.14 bits per heavy atom. The number of benzene rings is 1. The summed E-state index contributed by atoms with van der Waals surface area (Å²) >= 11 is 0. The van der Waals surface area contributed by atoms with E-state index in [0.717, 1.165) is 6.54 Å². The molecular weight excluding hydrogens is 196 g/mol. The van der Waals surface area contributed by atoms with Crippen LogP contribution in [0.25, 0.3) is 0 Å². The van der Waals surface area contributed by atoms with Crippen molar-refractivity contribution in [3.05, 3.63) is 54.4 Å². The first kappa shape index (κ1) is 10.8. The topological polar surface area (TPSA) is 8.81 Å². The molecule has 0 radical (unpaired) electrons. The molecule has 3 heteroatoms. The number of aromatic nitrogens is 2. The van der Waals surface area contributed by atoms with E-state index in [1.165, 1.54) is 5.56 Å². The molecule has 2 rings (SSSR count). The molecule has 74 valence electrons. The fraction of sp³-hybridized carbons (Fsp3) is 0.182. The van der Waals surface area contributed by atoms with Gasteiger partial charge in [-0.25, -0.2) is 0 Å². The maximum Gasteiger partial charge on any atom is 0.195 e. The van der Waals surface area contributed by atoms with Crippen LogP contribution in [0.3, 0.4) is 0 Å². The number of hydrogen-bond donors (Lipinski definition) is 0. The second-order valence-electron chi connectivity index (χ2n) is 3.15. The molecule has 2 nitrogen and oxygen atoms in total. The van der Waals surface area contributed by atoms with Gasteiger partial charge in [-0.15, -0.1) is 4.68 Å². The summed E-state index contributed by atoms with van der Waals surface area (Å²) in [6.07, 6.45) is 4.12. The summed E-state index contributed by atoms with van der Waals surface area (Å²) in [5.74, 6) is 0. The summed E-state index contributed by atoms with van der Waals surface area (Å²) in [5.41, 5.74) is 1.33. The zero-order valence-electron chi connectivity index (χ0n) is 8.10. The van der Waals surface area contributed by atoms with Gasteiger partial charge in [0, 0.05) is 6.07 Å². The van der Waals surface area contributed by atoms with Crippen LogP contribution >= 0.6 is 0 Å². The molecule has 1 aromatic carbocycles. The molecule has 0 atom stereocenters. The molecule has 0 aliphatic rings. The van der Waals surface area contributed by atoms with Crippen LogP contribution in [0, 0.1) is 0 Å². The van der Waals surface area contributed by atoms with E-state index >= 15 is 0 Å². The quantitative estimate of drug-likeness (QED) is 0.524. The summed E-state index contributed by atoms with van der Waals surface area (Å²) in [7, 11) is 2.04. The van der Waals surface area contributed by atoms with Crippen molar-refractivity contribution in [2.24, 2.45) is 7.05 Å². The van der Waals surface area contributed by atoms with E-state index in [1.807, 2.05) is 25.4 Å². The second-order valence-corrected chi connectivity index (χ2v) is 3.15. The Morgan fingerprint density at radius 2 is 1.86 bits per heavy atom. The third-order valence-electron chi connectivity index (χ3n) is 2.15. The lowest BCUT2D eigenvalue weighted by molar-refractivity contribution is -0.752. The highest BCUT2D eigenvalue weighted by molar-refractivity contribution is 5.14. The maximum absolute atomic E-state index is 2.16. The smallest absolute Gasteiger partial charge is 0.195 e. The van der Waals surface area contributed by atoms with Gasteiger partial charge in [-0.3, -0.25) is 0 Å². The van der Waals surface area contributed by atoms with Gasteiger partial charge in [0.25, 0.3) is 0 Å². The van der Waals surface area contributed by atoms with E-state index < -0.39 is 0 Å². The Kier molecular flexibility index (Phi) is 3.72. The third-order valence-corrected chi connectivity index (χ3v) is 2.15. The van der Waals surface area contributed by atoms with Crippen LogP contribution in [-0.2, 0) is 13.6 Å². The number of rotatable bonds is 2. The molecule has 14 heavy (non-hydrogen) atoms. The van der Waals surface area contributed by atoms with Crippen LogP contribution in [-0.4, -0.2) is 4.68 Å². The number of aryl methyl sites for hydroxylation is 1. The lowest BCUT2D eigenvalue weighted by Gasteiger charge is -1.99. The van der Waals surface area contributed by atoms with Gasteiger partial charge in [0.15, 0.2) is 13.2 Å². The largest absolute Gasteiger partial charge is 1.00 e. The molecule has 0 aliphatic carbocycles. The van der Waals surface area contributed by atoms with Crippen molar-refractivity contribution in [3.8, 4) is 0 Å². The van der Waals surface area contributed by atoms with Gasteiger partial charge in [0.1, 0.15) is 6.54 Å². The van der Waals surface area contributed by atoms with Crippen LogP contribution in [0.5, 0.6) is 0 Å². The van der Waals surface area contributed by atoms with Gasteiger partial charge in [-0.1, -0.05) is 30.3 Å². The maximum atomic E-state index is 2.16. The van der Waals surface area contributed by atoms with Crippen LogP contribution in [0.15, 0.2) is 48.8 Å². The van der Waals surface area contributed by atoms with Crippen LogP contribution < -0.4 is 17.1 Å². The standard InChI is InChI=1S/C11H13N2.ClH/c1-12-8-5-9-13(12)10-11-6-3-2-4-7-11;/h2-9H,10H2,1H3;1H/q+1;/p-1. The summed E-state index contributed by atoms with van der Waals surface area (Å²) in [6, 6.07) is 12.5. The van der Waals surface area contributed by atoms with Gasteiger partial charge in [-0.05, 0) is 5.56 Å². The molecule has 0 N–H and O–H groups in total. The summed E-state index contributed by atoms with van der Waals surface area (Å²) in [4.78, 5) is 0. The highest BCUT2D eigenvalue weighted by Gasteiger charge is 2.01. The fourth-order valence-electron chi connectivity index (χ4n) is 1.39. The van der Waals surface area contributed by atoms with E-state index in [9.17, 15) is 0 Å².